The summed E-state index contributed by atoms with van der Waals surface area (Å²) in [4.78, 5) is 47.1. The molecule has 64 heavy (non-hydrogen) atoms. The number of hydrogen-bond acceptors (Lipinski definition) is 10. The first-order chi connectivity index (χ1) is 31.0. The van der Waals surface area contributed by atoms with E-state index in [1.54, 1.807) is 60.7 Å². The summed E-state index contributed by atoms with van der Waals surface area (Å²) >= 11 is 13.5. The standard InChI is InChI=1S/C49H38Cl2N6O6S/c1-64-48-34(24-53)11-14-37(54-48)26-57-25-36-22-44-41(55-47(59)45(63-44)33-12-15-38(16-13-33)62-27-30-6-17-39(50)40(51)18-30)20-35(36)21-43(57)46(58)56-42(49(60)61)19-28-2-7-31(8-3-28)32-9-4-29(23-52)5-10-32/h2-18,20,22,42-43,45H,19,21,25-27H2,1H3,(H,55,59)(H,56,58)(H,60,61)/t42-,43-,45?/m0/s1. The average molecular weight is 910 g/mol. The summed E-state index contributed by atoms with van der Waals surface area (Å²) in [5, 5.41) is 36.3. The van der Waals surface area contributed by atoms with Crippen LogP contribution in [0.4, 0.5) is 5.69 Å². The van der Waals surface area contributed by atoms with Crippen LogP contribution in [0.1, 0.15) is 50.7 Å². The van der Waals surface area contributed by atoms with E-state index in [0.29, 0.717) is 60.2 Å². The van der Waals surface area contributed by atoms with Crippen LogP contribution in [-0.4, -0.2) is 51.1 Å². The number of rotatable bonds is 13. The molecule has 15 heteroatoms. The minimum Gasteiger partial charge on any atom is -0.489 e. The molecule has 0 aliphatic carbocycles. The van der Waals surface area contributed by atoms with Crippen molar-refractivity contribution in [2.75, 3.05) is 11.6 Å². The maximum absolute atomic E-state index is 14.3. The molecule has 3 heterocycles. The molecule has 6 aromatic rings. The molecule has 3 atom stereocenters. The van der Waals surface area contributed by atoms with Gasteiger partial charge in [-0.15, -0.1) is 11.8 Å². The fourth-order valence-electron chi connectivity index (χ4n) is 7.71. The number of benzene rings is 5. The lowest BCUT2D eigenvalue weighted by Crippen LogP contribution is -2.54. The van der Waals surface area contributed by atoms with Gasteiger partial charge in [-0.25, -0.2) is 9.78 Å². The van der Waals surface area contributed by atoms with Gasteiger partial charge in [0.05, 0.1) is 44.7 Å². The number of carboxylic acid groups (broad SMARTS) is 1. The Morgan fingerprint density at radius 3 is 2.31 bits per heavy atom. The van der Waals surface area contributed by atoms with Crippen molar-refractivity contribution < 1.29 is 29.0 Å². The van der Waals surface area contributed by atoms with Crippen LogP contribution in [0.3, 0.4) is 0 Å². The third-order valence-electron chi connectivity index (χ3n) is 11.1. The Kier molecular flexibility index (Phi) is 13.2. The van der Waals surface area contributed by atoms with Gasteiger partial charge < -0.3 is 25.2 Å². The predicted octanol–water partition coefficient (Wildman–Crippen LogP) is 8.91. The van der Waals surface area contributed by atoms with Crippen molar-refractivity contribution in [3.8, 4) is 34.8 Å². The summed E-state index contributed by atoms with van der Waals surface area (Å²) in [6, 6.07) is 36.3. The summed E-state index contributed by atoms with van der Waals surface area (Å²) in [7, 11) is 0. The average Bonchev–Trinajstić information content (AvgIpc) is 3.31. The molecule has 2 amide bonds. The number of carboxylic acids is 1. The topological polar surface area (TPSA) is 178 Å². The number of nitrogens with zero attached hydrogens (tertiary/aromatic N) is 4. The predicted molar refractivity (Wildman–Crippen MR) is 243 cm³/mol. The number of nitrogens with one attached hydrogen (secondary N) is 2. The molecule has 3 N–H and O–H groups in total. The molecule has 0 radical (unpaired) electrons. The van der Waals surface area contributed by atoms with Crippen LogP contribution in [-0.2, 0) is 46.9 Å². The lowest BCUT2D eigenvalue weighted by molar-refractivity contribution is -0.142. The van der Waals surface area contributed by atoms with Crippen molar-refractivity contribution in [3.05, 3.63) is 170 Å². The fraction of sp³-hybridized carbons (Fsp3) is 0.184. The molecule has 1 aromatic heterocycles. The highest BCUT2D eigenvalue weighted by molar-refractivity contribution is 7.98. The number of hydrogen-bond donors (Lipinski definition) is 3. The van der Waals surface area contributed by atoms with Crippen LogP contribution in [0.15, 0.2) is 120 Å². The van der Waals surface area contributed by atoms with Gasteiger partial charge in [0.1, 0.15) is 35.2 Å². The monoisotopic (exact) mass is 908 g/mol. The minimum absolute atomic E-state index is 0.0405. The van der Waals surface area contributed by atoms with Gasteiger partial charge in [-0.1, -0.05) is 77.8 Å². The third kappa shape index (κ3) is 9.84. The normalized spacial score (nSPS) is 15.9. The van der Waals surface area contributed by atoms with Crippen LogP contribution in [0.25, 0.3) is 11.1 Å². The van der Waals surface area contributed by atoms with E-state index in [0.717, 1.165) is 27.8 Å². The number of pyridine rings is 1. The molecule has 8 rings (SSSR count). The van der Waals surface area contributed by atoms with E-state index < -0.39 is 30.1 Å². The molecule has 2 aliphatic heterocycles. The van der Waals surface area contributed by atoms with Crippen LogP contribution in [0.5, 0.6) is 11.5 Å². The van der Waals surface area contributed by atoms with Gasteiger partial charge in [0.2, 0.25) is 12.0 Å². The Morgan fingerprint density at radius 2 is 1.64 bits per heavy atom. The van der Waals surface area contributed by atoms with E-state index in [-0.39, 0.29) is 38.4 Å². The number of ether oxygens (including phenoxy) is 2. The smallest absolute Gasteiger partial charge is 0.326 e. The van der Waals surface area contributed by atoms with Crippen LogP contribution < -0.4 is 20.1 Å². The molecular weight excluding hydrogens is 872 g/mol. The Morgan fingerprint density at radius 1 is 0.922 bits per heavy atom. The minimum atomic E-state index is -1.23. The highest BCUT2D eigenvalue weighted by atomic mass is 35.5. The number of fused-ring (bicyclic) bond motifs is 2. The van der Waals surface area contributed by atoms with Gasteiger partial charge in [-0.05, 0) is 107 Å². The molecule has 0 fully saturated rings. The second-order valence-electron chi connectivity index (χ2n) is 15.3. The molecule has 320 valence electrons. The Labute approximate surface area is 383 Å². The van der Waals surface area contributed by atoms with Crippen LogP contribution in [0.2, 0.25) is 10.0 Å². The Balaban J connectivity index is 1.01. The summed E-state index contributed by atoms with van der Waals surface area (Å²) in [5.41, 5.74) is 7.73. The van der Waals surface area contributed by atoms with Crippen molar-refractivity contribution in [1.82, 2.24) is 15.2 Å². The number of halogens is 2. The molecule has 5 aromatic carbocycles. The number of aromatic nitrogens is 1. The van der Waals surface area contributed by atoms with Gasteiger partial charge in [-0.2, -0.15) is 10.5 Å². The molecular formula is C49H38Cl2N6O6S. The zero-order chi connectivity index (χ0) is 44.9. The number of nitriles is 2. The second-order valence-corrected chi connectivity index (χ2v) is 16.9. The van der Waals surface area contributed by atoms with Gasteiger partial charge in [-0.3, -0.25) is 14.5 Å². The molecule has 0 spiro atoms. The second kappa shape index (κ2) is 19.3. The number of carbonyl (C=O) groups excluding carboxylic acids is 2. The first kappa shape index (κ1) is 43.8. The first-order valence-corrected chi connectivity index (χ1v) is 22.1. The molecule has 0 bridgehead atoms. The maximum Gasteiger partial charge on any atom is 0.326 e. The van der Waals surface area contributed by atoms with Crippen LogP contribution >= 0.6 is 35.0 Å². The zero-order valence-electron chi connectivity index (χ0n) is 34.2. The Hall–Kier alpha value is -6.87. The fourth-order valence-corrected chi connectivity index (χ4v) is 8.58. The van der Waals surface area contributed by atoms with Crippen molar-refractivity contribution in [3.63, 3.8) is 0 Å². The lowest BCUT2D eigenvalue weighted by Gasteiger charge is -2.37. The number of carbonyl (C=O) groups is 3. The lowest BCUT2D eigenvalue weighted by atomic mass is 9.91. The number of anilines is 1. The number of aliphatic carboxylic acids is 1. The van der Waals surface area contributed by atoms with E-state index in [4.69, 9.17) is 42.9 Å². The largest absolute Gasteiger partial charge is 0.489 e. The SMILES string of the molecule is CSc1nc(CN2Cc3cc4c(cc3C[C@H]2C(=O)N[C@@H](Cc2ccc(-c3ccc(C#N)cc3)cc2)C(=O)O)NC(=O)C(c2ccc(OCc3ccc(Cl)c(Cl)c3)cc2)O4)ccc1C#N. The van der Waals surface area contributed by atoms with Gasteiger partial charge >= 0.3 is 5.97 Å². The third-order valence-corrected chi connectivity index (χ3v) is 12.5. The molecule has 0 saturated carbocycles. The maximum atomic E-state index is 14.3. The number of thioether (sulfide) groups is 1. The molecule has 1 unspecified atom stereocenters. The van der Waals surface area contributed by atoms with Gasteiger partial charge in [0, 0.05) is 25.1 Å². The van der Waals surface area contributed by atoms with Crippen molar-refractivity contribution in [1.29, 1.82) is 10.5 Å². The first-order valence-electron chi connectivity index (χ1n) is 20.1. The van der Waals surface area contributed by atoms with E-state index >= 15 is 0 Å². The quantitative estimate of drug-likeness (QED) is 0.0943. The summed E-state index contributed by atoms with van der Waals surface area (Å²) in [5.74, 6) is -0.976. The highest BCUT2D eigenvalue weighted by Gasteiger charge is 2.37. The zero-order valence-corrected chi connectivity index (χ0v) is 36.5. The van der Waals surface area contributed by atoms with Crippen molar-refractivity contribution in [2.45, 2.75) is 55.8 Å². The molecule has 12 nitrogen and oxygen atoms in total. The van der Waals surface area contributed by atoms with Gasteiger partial charge in [0.25, 0.3) is 5.91 Å². The number of amides is 2. The Bertz CT molecular complexity index is 2850. The molecule has 0 saturated heterocycles. The summed E-state index contributed by atoms with van der Waals surface area (Å²) in [6.45, 7) is 0.770. The van der Waals surface area contributed by atoms with E-state index in [1.807, 2.05) is 65.8 Å². The summed E-state index contributed by atoms with van der Waals surface area (Å²) in [6.07, 6.45) is 1.14. The van der Waals surface area contributed by atoms with E-state index in [1.165, 1.54) is 11.8 Å². The highest BCUT2D eigenvalue weighted by Crippen LogP contribution is 2.40. The van der Waals surface area contributed by atoms with E-state index in [2.05, 4.69) is 22.8 Å². The van der Waals surface area contributed by atoms with Crippen LogP contribution in [0, 0.1) is 22.7 Å². The van der Waals surface area contributed by atoms with E-state index in [9.17, 15) is 24.8 Å². The van der Waals surface area contributed by atoms with Crippen molar-refractivity contribution in [2.24, 2.45) is 0 Å². The van der Waals surface area contributed by atoms with Crippen molar-refractivity contribution >= 4 is 58.4 Å². The summed E-state index contributed by atoms with van der Waals surface area (Å²) < 4.78 is 12.3. The molecule has 2 aliphatic rings. The van der Waals surface area contributed by atoms with Gasteiger partial charge in [0.15, 0.2) is 0 Å².